The minimum atomic E-state index is -0.611. The number of rotatable bonds is 1. The number of carbonyl (C=O) groups is 1. The summed E-state index contributed by atoms with van der Waals surface area (Å²) in [7, 11) is 0. The number of aryl methyl sites for hydroxylation is 1. The number of H-pyrrole nitrogens is 1. The highest BCUT2D eigenvalue weighted by molar-refractivity contribution is 6.30. The van der Waals surface area contributed by atoms with Crippen LogP contribution >= 0.6 is 11.6 Å². The van der Waals surface area contributed by atoms with E-state index in [1.807, 2.05) is 20.8 Å². The van der Waals surface area contributed by atoms with E-state index in [4.69, 9.17) is 16.3 Å². The lowest BCUT2D eigenvalue weighted by molar-refractivity contribution is 0.0578. The molecule has 1 aromatic carbocycles. The Hall–Kier alpha value is -2.08. The predicted molar refractivity (Wildman–Crippen MR) is 90.9 cm³/mol. The highest BCUT2D eigenvalue weighted by Crippen LogP contribution is 2.38. The van der Waals surface area contributed by atoms with Gasteiger partial charge in [0.1, 0.15) is 17.1 Å². The number of halogens is 2. The van der Waals surface area contributed by atoms with Crippen molar-refractivity contribution in [3.05, 3.63) is 34.7 Å². The van der Waals surface area contributed by atoms with Gasteiger partial charge in [0.25, 0.3) is 0 Å². The van der Waals surface area contributed by atoms with Crippen molar-refractivity contribution in [2.24, 2.45) is 0 Å². The van der Waals surface area contributed by atoms with E-state index in [-0.39, 0.29) is 5.56 Å². The molecule has 2 heterocycles. The quantitative estimate of drug-likeness (QED) is 0.819. The van der Waals surface area contributed by atoms with Gasteiger partial charge in [0.2, 0.25) is 0 Å². The van der Waals surface area contributed by atoms with Crippen molar-refractivity contribution in [3.8, 4) is 11.3 Å². The molecule has 0 saturated carbocycles. The van der Waals surface area contributed by atoms with Gasteiger partial charge in [-0.3, -0.25) is 10.00 Å². The van der Waals surface area contributed by atoms with Crippen molar-refractivity contribution >= 4 is 23.4 Å². The molecule has 0 bridgehead atoms. The van der Waals surface area contributed by atoms with E-state index in [1.54, 1.807) is 0 Å². The van der Waals surface area contributed by atoms with Crippen LogP contribution in [-0.2, 0) is 11.2 Å². The van der Waals surface area contributed by atoms with Crippen LogP contribution < -0.4 is 4.90 Å². The van der Waals surface area contributed by atoms with E-state index in [2.05, 4.69) is 10.2 Å². The maximum Gasteiger partial charge on any atom is 0.414 e. The number of aromatic nitrogens is 2. The minimum absolute atomic E-state index is 0.260. The van der Waals surface area contributed by atoms with Crippen molar-refractivity contribution in [3.63, 3.8) is 0 Å². The molecule has 3 rings (SSSR count). The fraction of sp³-hybridized carbons (Fsp3) is 0.412. The lowest BCUT2D eigenvalue weighted by Crippen LogP contribution is -2.39. The molecule has 0 radical (unpaired) electrons. The summed E-state index contributed by atoms with van der Waals surface area (Å²) in [5.41, 5.74) is 1.38. The molecule has 1 aromatic heterocycles. The van der Waals surface area contributed by atoms with Gasteiger partial charge in [-0.15, -0.1) is 0 Å². The number of benzene rings is 1. The number of nitrogens with zero attached hydrogens (tertiary/aromatic N) is 2. The summed E-state index contributed by atoms with van der Waals surface area (Å²) in [6, 6.07) is 4.28. The third-order valence-corrected chi connectivity index (χ3v) is 3.92. The molecule has 0 aliphatic carbocycles. The van der Waals surface area contributed by atoms with Crippen molar-refractivity contribution in [1.29, 1.82) is 0 Å². The van der Waals surface area contributed by atoms with Gasteiger partial charge in [0.15, 0.2) is 0 Å². The molecule has 1 aliphatic rings. The Bertz CT molecular complexity index is 783. The topological polar surface area (TPSA) is 58.2 Å². The number of aromatic amines is 1. The van der Waals surface area contributed by atoms with Crippen LogP contribution in [0.25, 0.3) is 11.3 Å². The Balaban J connectivity index is 2.05. The van der Waals surface area contributed by atoms with Gasteiger partial charge in [-0.1, -0.05) is 11.6 Å². The summed E-state index contributed by atoms with van der Waals surface area (Å²) in [6.45, 7) is 5.92. The SMILES string of the molecule is CC(C)(C)OC(=O)N1CCCc2[nH]nc(-c3cc(Cl)ccc3F)c21. The van der Waals surface area contributed by atoms with Gasteiger partial charge >= 0.3 is 6.09 Å². The number of fused-ring (bicyclic) bond motifs is 1. The van der Waals surface area contributed by atoms with Crippen molar-refractivity contribution < 1.29 is 13.9 Å². The van der Waals surface area contributed by atoms with Crippen LogP contribution in [0.4, 0.5) is 14.9 Å². The first-order chi connectivity index (χ1) is 11.3. The van der Waals surface area contributed by atoms with Gasteiger partial charge in [-0.05, 0) is 51.8 Å². The van der Waals surface area contributed by atoms with Gasteiger partial charge < -0.3 is 4.74 Å². The summed E-state index contributed by atoms with van der Waals surface area (Å²) >= 11 is 5.99. The first-order valence-corrected chi connectivity index (χ1v) is 8.17. The predicted octanol–water partition coefficient (Wildman–Crippen LogP) is 4.56. The van der Waals surface area contributed by atoms with E-state index in [0.717, 1.165) is 18.5 Å². The second kappa shape index (κ2) is 6.09. The van der Waals surface area contributed by atoms with E-state index in [1.165, 1.54) is 23.1 Å². The van der Waals surface area contributed by atoms with Gasteiger partial charge in [0.05, 0.1) is 11.4 Å². The number of nitrogens with one attached hydrogen (secondary N) is 1. The molecule has 7 heteroatoms. The molecule has 128 valence electrons. The summed E-state index contributed by atoms with van der Waals surface area (Å²) < 4.78 is 19.7. The number of hydrogen-bond acceptors (Lipinski definition) is 3. The lowest BCUT2D eigenvalue weighted by Gasteiger charge is -2.30. The molecule has 0 unspecified atom stereocenters. The van der Waals surface area contributed by atoms with E-state index in [0.29, 0.717) is 22.9 Å². The summed E-state index contributed by atoms with van der Waals surface area (Å²) in [5.74, 6) is -0.441. The van der Waals surface area contributed by atoms with Crippen molar-refractivity contribution in [2.75, 3.05) is 11.4 Å². The van der Waals surface area contributed by atoms with Crippen LogP contribution in [-0.4, -0.2) is 28.4 Å². The molecule has 0 atom stereocenters. The smallest absolute Gasteiger partial charge is 0.414 e. The highest BCUT2D eigenvalue weighted by atomic mass is 35.5. The second-order valence-electron chi connectivity index (χ2n) is 6.76. The van der Waals surface area contributed by atoms with Crippen LogP contribution in [0.15, 0.2) is 18.2 Å². The normalized spacial score (nSPS) is 14.5. The molecule has 0 fully saturated rings. The minimum Gasteiger partial charge on any atom is -0.443 e. The monoisotopic (exact) mass is 351 g/mol. The Morgan fingerprint density at radius 3 is 2.88 bits per heavy atom. The third-order valence-electron chi connectivity index (χ3n) is 3.69. The van der Waals surface area contributed by atoms with Crippen LogP contribution in [0.2, 0.25) is 5.02 Å². The average molecular weight is 352 g/mol. The molecule has 2 aromatic rings. The second-order valence-corrected chi connectivity index (χ2v) is 7.20. The fourth-order valence-electron chi connectivity index (χ4n) is 2.73. The molecular weight excluding hydrogens is 333 g/mol. The number of carbonyl (C=O) groups excluding carboxylic acids is 1. The van der Waals surface area contributed by atoms with Crippen molar-refractivity contribution in [2.45, 2.75) is 39.2 Å². The first-order valence-electron chi connectivity index (χ1n) is 7.79. The molecule has 24 heavy (non-hydrogen) atoms. The number of amides is 1. The summed E-state index contributed by atoms with van der Waals surface area (Å²) in [6.07, 6.45) is 1.06. The van der Waals surface area contributed by atoms with Crippen LogP contribution in [0.3, 0.4) is 0 Å². The highest BCUT2D eigenvalue weighted by Gasteiger charge is 2.32. The zero-order valence-corrected chi connectivity index (χ0v) is 14.6. The molecular formula is C17H19ClFN3O2. The van der Waals surface area contributed by atoms with Gasteiger partial charge in [-0.2, -0.15) is 5.10 Å². The number of hydrogen-bond donors (Lipinski definition) is 1. The molecule has 1 N–H and O–H groups in total. The largest absolute Gasteiger partial charge is 0.443 e. The van der Waals surface area contributed by atoms with Crippen molar-refractivity contribution in [1.82, 2.24) is 10.2 Å². The Morgan fingerprint density at radius 1 is 1.42 bits per heavy atom. The fourth-order valence-corrected chi connectivity index (χ4v) is 2.90. The standard InChI is InChI=1S/C17H19ClFN3O2/c1-17(2,3)24-16(23)22-8-4-5-13-15(22)14(21-20-13)11-9-10(18)6-7-12(11)19/h6-7,9H,4-5,8H2,1-3H3,(H,20,21). The maximum atomic E-state index is 14.3. The first kappa shape index (κ1) is 16.8. The van der Waals surface area contributed by atoms with E-state index >= 15 is 0 Å². The van der Waals surface area contributed by atoms with E-state index < -0.39 is 17.5 Å². The maximum absolute atomic E-state index is 14.3. The van der Waals surface area contributed by atoms with Crippen LogP contribution in [0, 0.1) is 5.82 Å². The van der Waals surface area contributed by atoms with Gasteiger partial charge in [-0.25, -0.2) is 9.18 Å². The zero-order chi connectivity index (χ0) is 17.5. The van der Waals surface area contributed by atoms with Crippen LogP contribution in [0.1, 0.15) is 32.9 Å². The Morgan fingerprint density at radius 2 is 2.17 bits per heavy atom. The molecule has 0 saturated heterocycles. The summed E-state index contributed by atoms with van der Waals surface area (Å²) in [5, 5.41) is 7.54. The van der Waals surface area contributed by atoms with E-state index in [9.17, 15) is 9.18 Å². The molecule has 1 aliphatic heterocycles. The molecule has 5 nitrogen and oxygen atoms in total. The Labute approximate surface area is 144 Å². The average Bonchev–Trinajstić information content (AvgIpc) is 2.91. The third kappa shape index (κ3) is 3.24. The number of ether oxygens (including phenoxy) is 1. The van der Waals surface area contributed by atoms with Gasteiger partial charge in [0, 0.05) is 17.1 Å². The number of anilines is 1. The lowest BCUT2D eigenvalue weighted by atomic mass is 10.0. The molecule has 1 amide bonds. The zero-order valence-electron chi connectivity index (χ0n) is 13.8. The van der Waals surface area contributed by atoms with Crippen LogP contribution in [0.5, 0.6) is 0 Å². The Kier molecular flexibility index (Phi) is 4.25. The summed E-state index contributed by atoms with van der Waals surface area (Å²) in [4.78, 5) is 14.1. The molecule has 0 spiro atoms.